The molecule has 16 nitrogen and oxygen atoms in total. The van der Waals surface area contributed by atoms with Gasteiger partial charge in [0.1, 0.15) is 17.2 Å². The molecule has 1 spiro atoms. The number of piperazine rings is 1. The molecule has 6 heterocycles. The van der Waals surface area contributed by atoms with Crippen LogP contribution in [0.5, 0.6) is 0 Å². The molecule has 2 aliphatic heterocycles. The number of benzene rings is 1. The summed E-state index contributed by atoms with van der Waals surface area (Å²) < 4.78 is 2.17. The second-order valence-electron chi connectivity index (χ2n) is 16.7. The van der Waals surface area contributed by atoms with Gasteiger partial charge >= 0.3 is 0 Å². The number of unbranched alkanes of at least 4 members (excludes halogenated alkanes) is 4. The summed E-state index contributed by atoms with van der Waals surface area (Å²) in [6.07, 6.45) is 14.0. The van der Waals surface area contributed by atoms with E-state index in [1.54, 1.807) is 30.5 Å². The molecule has 62 heavy (non-hydrogen) atoms. The molecule has 0 unspecified atom stereocenters. The predicted octanol–water partition coefficient (Wildman–Crippen LogP) is 6.52. The molecular weight excluding hydrogens is 805 g/mol. The van der Waals surface area contributed by atoms with Crippen molar-refractivity contribution in [2.75, 3.05) is 66.7 Å². The van der Waals surface area contributed by atoms with E-state index in [0.29, 0.717) is 59.9 Å². The van der Waals surface area contributed by atoms with Crippen molar-refractivity contribution in [3.8, 4) is 0 Å². The number of pyridine rings is 1. The minimum absolute atomic E-state index is 0.0382. The largest absolute Gasteiger partial charge is 0.368 e. The first-order valence-corrected chi connectivity index (χ1v) is 22.7. The van der Waals surface area contributed by atoms with Gasteiger partial charge in [-0.15, -0.1) is 11.3 Å². The van der Waals surface area contributed by atoms with Crippen LogP contribution in [-0.4, -0.2) is 98.8 Å². The number of para-hydroxylation sites is 1. The highest BCUT2D eigenvalue weighted by atomic mass is 32.1. The van der Waals surface area contributed by atoms with Gasteiger partial charge in [0, 0.05) is 62.1 Å². The van der Waals surface area contributed by atoms with Crippen molar-refractivity contribution in [1.82, 2.24) is 40.0 Å². The quantitative estimate of drug-likeness (QED) is 0.0680. The molecule has 0 radical (unpaired) electrons. The molecule has 1 aliphatic carbocycles. The molecule has 2 fully saturated rings. The van der Waals surface area contributed by atoms with Crippen molar-refractivity contribution in [3.63, 3.8) is 0 Å². The smallest absolute Gasteiger partial charge is 0.268 e. The van der Waals surface area contributed by atoms with E-state index in [1.165, 1.54) is 17.8 Å². The topological polar surface area (TPSA) is 191 Å². The highest BCUT2D eigenvalue weighted by Gasteiger charge is 2.41. The number of anilines is 5. The normalized spacial score (nSPS) is 16.2. The minimum atomic E-state index is -0.307. The summed E-state index contributed by atoms with van der Waals surface area (Å²) in [4.78, 5) is 75.1. The Bertz CT molecular complexity index is 2380. The highest BCUT2D eigenvalue weighted by Crippen LogP contribution is 2.40. The first-order chi connectivity index (χ1) is 30.1. The van der Waals surface area contributed by atoms with E-state index in [2.05, 4.69) is 55.9 Å². The molecule has 1 aromatic carbocycles. The fraction of sp³-hybridized carbons (Fsp3) is 0.467. The van der Waals surface area contributed by atoms with Crippen LogP contribution < -0.4 is 31.5 Å². The van der Waals surface area contributed by atoms with E-state index in [-0.39, 0.29) is 29.2 Å². The standard InChI is InChI=1S/C45H56N12O4S/c1-30-31(2)62-44(50-30)54-41(60)34-13-8-9-14-35(34)51-38(58)15-7-4-3-5-12-20-46-39(59)28-55-21-23-56(24-22-55)33-16-17-37(47-27-33)52-43-48-26-32-25-36-42(61)49-29-45(18-10-6-11-19-45)57(36)40(32)53-43/h8-9,13-14,16-17,25-27H,3-7,10-12,15,18-24,28-29H2,1-2H3,(H,46,59)(H,49,61)(H,51,58)(H,50,54,60)(H,47,48,52,53). The van der Waals surface area contributed by atoms with Crippen molar-refractivity contribution in [2.45, 2.75) is 90.0 Å². The molecule has 5 aromatic rings. The maximum atomic E-state index is 12.9. The zero-order valence-corrected chi connectivity index (χ0v) is 36.4. The maximum absolute atomic E-state index is 12.9. The summed E-state index contributed by atoms with van der Waals surface area (Å²) in [5.74, 6) is 0.634. The van der Waals surface area contributed by atoms with Crippen LogP contribution in [0, 0.1) is 13.8 Å². The first-order valence-electron chi connectivity index (χ1n) is 21.9. The summed E-state index contributed by atoms with van der Waals surface area (Å²) in [7, 11) is 0. The van der Waals surface area contributed by atoms with Gasteiger partial charge < -0.3 is 30.7 Å². The second kappa shape index (κ2) is 19.4. The number of rotatable bonds is 16. The molecule has 3 aliphatic rings. The van der Waals surface area contributed by atoms with Gasteiger partial charge in [-0.1, -0.05) is 50.7 Å². The van der Waals surface area contributed by atoms with Crippen molar-refractivity contribution in [3.05, 3.63) is 76.7 Å². The van der Waals surface area contributed by atoms with Gasteiger partial charge in [-0.05, 0) is 69.9 Å². The number of aromatic nitrogens is 5. The summed E-state index contributed by atoms with van der Waals surface area (Å²) in [5, 5.41) is 16.6. The van der Waals surface area contributed by atoms with E-state index in [9.17, 15) is 19.2 Å². The van der Waals surface area contributed by atoms with Gasteiger partial charge in [-0.2, -0.15) is 4.98 Å². The van der Waals surface area contributed by atoms with E-state index >= 15 is 0 Å². The number of carbonyl (C=O) groups excluding carboxylic acids is 4. The Hall–Kier alpha value is -5.94. The first kappa shape index (κ1) is 42.7. The van der Waals surface area contributed by atoms with Gasteiger partial charge in [0.15, 0.2) is 5.13 Å². The lowest BCUT2D eigenvalue weighted by atomic mass is 9.80. The van der Waals surface area contributed by atoms with Crippen LogP contribution in [0.1, 0.15) is 102 Å². The Morgan fingerprint density at radius 2 is 1.65 bits per heavy atom. The Kier molecular flexibility index (Phi) is 13.4. The third kappa shape index (κ3) is 10.1. The minimum Gasteiger partial charge on any atom is -0.368 e. The van der Waals surface area contributed by atoms with Crippen LogP contribution in [0.4, 0.5) is 28.3 Å². The molecule has 0 bridgehead atoms. The average molecular weight is 861 g/mol. The van der Waals surface area contributed by atoms with Crippen LogP contribution in [0.25, 0.3) is 11.0 Å². The van der Waals surface area contributed by atoms with Crippen molar-refractivity contribution in [2.24, 2.45) is 0 Å². The molecule has 326 valence electrons. The lowest BCUT2D eigenvalue weighted by molar-refractivity contribution is -0.122. The zero-order chi connectivity index (χ0) is 43.1. The number of carbonyl (C=O) groups is 4. The van der Waals surface area contributed by atoms with Crippen LogP contribution in [0.15, 0.2) is 54.9 Å². The zero-order valence-electron chi connectivity index (χ0n) is 35.6. The molecule has 4 aromatic heterocycles. The van der Waals surface area contributed by atoms with Gasteiger partial charge in [0.05, 0.1) is 40.9 Å². The third-order valence-corrected chi connectivity index (χ3v) is 13.3. The molecule has 1 saturated carbocycles. The van der Waals surface area contributed by atoms with E-state index < -0.39 is 0 Å². The second-order valence-corrected chi connectivity index (χ2v) is 17.9. The third-order valence-electron chi connectivity index (χ3n) is 12.3. The van der Waals surface area contributed by atoms with E-state index in [1.807, 2.05) is 38.2 Å². The van der Waals surface area contributed by atoms with Gasteiger partial charge in [0.2, 0.25) is 17.8 Å². The number of thiazole rings is 1. The van der Waals surface area contributed by atoms with E-state index in [4.69, 9.17) is 4.98 Å². The Morgan fingerprint density at radius 1 is 0.855 bits per heavy atom. The maximum Gasteiger partial charge on any atom is 0.268 e. The van der Waals surface area contributed by atoms with Crippen LogP contribution in [0.3, 0.4) is 0 Å². The van der Waals surface area contributed by atoms with Crippen LogP contribution in [0.2, 0.25) is 0 Å². The van der Waals surface area contributed by atoms with Crippen molar-refractivity contribution in [1.29, 1.82) is 0 Å². The molecule has 4 amide bonds. The Morgan fingerprint density at radius 3 is 2.42 bits per heavy atom. The number of aryl methyl sites for hydroxylation is 2. The fourth-order valence-electron chi connectivity index (χ4n) is 8.77. The van der Waals surface area contributed by atoms with Crippen molar-refractivity contribution >= 4 is 74.3 Å². The summed E-state index contributed by atoms with van der Waals surface area (Å²) in [6.45, 7) is 8.65. The molecule has 0 atom stereocenters. The fourth-order valence-corrected chi connectivity index (χ4v) is 9.58. The summed E-state index contributed by atoms with van der Waals surface area (Å²) in [5.41, 5.74) is 4.08. The number of hydrogen-bond acceptors (Lipinski definition) is 12. The summed E-state index contributed by atoms with van der Waals surface area (Å²) in [6, 6.07) is 12.9. The molecule has 17 heteroatoms. The lowest BCUT2D eigenvalue weighted by Gasteiger charge is -2.42. The molecule has 8 rings (SSSR count). The van der Waals surface area contributed by atoms with Crippen LogP contribution in [-0.2, 0) is 15.1 Å². The van der Waals surface area contributed by atoms with Crippen molar-refractivity contribution < 1.29 is 19.2 Å². The monoisotopic (exact) mass is 860 g/mol. The predicted molar refractivity (Wildman–Crippen MR) is 242 cm³/mol. The number of nitrogens with one attached hydrogen (secondary N) is 5. The van der Waals surface area contributed by atoms with Gasteiger partial charge in [0.25, 0.3) is 11.8 Å². The summed E-state index contributed by atoms with van der Waals surface area (Å²) >= 11 is 1.42. The highest BCUT2D eigenvalue weighted by molar-refractivity contribution is 7.15. The lowest BCUT2D eigenvalue weighted by Crippen LogP contribution is -2.52. The SMILES string of the molecule is Cc1nc(NC(=O)c2ccccc2NC(=O)CCCCCCCNC(=O)CN2CCN(c3ccc(Nc4ncc5cc6n(c5n4)C4(CCCCC4)CNC6=O)nc3)CC2)sc1C. The van der Waals surface area contributed by atoms with Crippen LogP contribution >= 0.6 is 11.3 Å². The number of amides is 4. The molecule has 1 saturated heterocycles. The molecular formula is C45H56N12O4S. The number of fused-ring (bicyclic) bond motifs is 4. The Labute approximate surface area is 365 Å². The van der Waals surface area contributed by atoms with Gasteiger partial charge in [-0.3, -0.25) is 29.4 Å². The molecule has 5 N–H and O–H groups in total. The number of nitrogens with zero attached hydrogens (tertiary/aromatic N) is 7. The Balaban J connectivity index is 0.701. The van der Waals surface area contributed by atoms with E-state index in [0.717, 1.165) is 111 Å². The van der Waals surface area contributed by atoms with Gasteiger partial charge in [-0.25, -0.2) is 15.0 Å². The average Bonchev–Trinajstić information content (AvgIpc) is 3.83. The number of hydrogen-bond donors (Lipinski definition) is 5.